The van der Waals surface area contributed by atoms with E-state index in [1.165, 1.54) is 0 Å². The van der Waals surface area contributed by atoms with Crippen LogP contribution in [0.1, 0.15) is 5.69 Å². The summed E-state index contributed by atoms with van der Waals surface area (Å²) >= 11 is 3.35. The molecule has 1 radical (unpaired) electrons. The van der Waals surface area contributed by atoms with Crippen molar-refractivity contribution in [1.29, 1.82) is 0 Å². The lowest BCUT2D eigenvalue weighted by Gasteiger charge is -1.89. The van der Waals surface area contributed by atoms with Crippen molar-refractivity contribution in [1.82, 2.24) is 4.98 Å². The van der Waals surface area contributed by atoms with Crippen LogP contribution in [-0.4, -0.2) is 11.3 Å². The molecular formula is C9H5BrNO. The SMILES string of the molecule is O=[C]c1cc2ccc(Br)cc2[nH]1. The van der Waals surface area contributed by atoms with Crippen LogP contribution < -0.4 is 0 Å². The van der Waals surface area contributed by atoms with Crippen LogP contribution in [0, 0.1) is 0 Å². The number of fused-ring (bicyclic) bond motifs is 1. The average Bonchev–Trinajstić information content (AvgIpc) is 2.46. The fourth-order valence-corrected chi connectivity index (χ4v) is 1.52. The maximum Gasteiger partial charge on any atom is 0.251 e. The maximum atomic E-state index is 10.3. The summed E-state index contributed by atoms with van der Waals surface area (Å²) in [6.45, 7) is 0. The van der Waals surface area contributed by atoms with E-state index in [9.17, 15) is 4.79 Å². The Bertz CT molecular complexity index is 433. The minimum absolute atomic E-state index is 0.489. The van der Waals surface area contributed by atoms with Crippen molar-refractivity contribution in [2.45, 2.75) is 0 Å². The van der Waals surface area contributed by atoms with Crippen LogP contribution >= 0.6 is 15.9 Å². The largest absolute Gasteiger partial charge is 0.352 e. The molecule has 59 valence electrons. The van der Waals surface area contributed by atoms with Crippen molar-refractivity contribution in [2.75, 3.05) is 0 Å². The van der Waals surface area contributed by atoms with Gasteiger partial charge in [0.15, 0.2) is 0 Å². The van der Waals surface area contributed by atoms with Crippen molar-refractivity contribution in [3.63, 3.8) is 0 Å². The third-order valence-corrected chi connectivity index (χ3v) is 2.19. The molecule has 0 atom stereocenters. The van der Waals surface area contributed by atoms with Crippen molar-refractivity contribution < 1.29 is 4.79 Å². The molecule has 0 aliphatic heterocycles. The first-order valence-corrected chi connectivity index (χ1v) is 4.25. The van der Waals surface area contributed by atoms with Gasteiger partial charge in [-0.05, 0) is 18.2 Å². The van der Waals surface area contributed by atoms with Crippen molar-refractivity contribution in [2.24, 2.45) is 0 Å². The molecular weight excluding hydrogens is 218 g/mol. The third kappa shape index (κ3) is 1.16. The van der Waals surface area contributed by atoms with Gasteiger partial charge in [0.2, 0.25) is 0 Å². The zero-order valence-electron chi connectivity index (χ0n) is 6.10. The molecule has 1 aromatic carbocycles. The van der Waals surface area contributed by atoms with Crippen molar-refractivity contribution in [3.05, 3.63) is 34.4 Å². The normalized spacial score (nSPS) is 10.4. The van der Waals surface area contributed by atoms with Gasteiger partial charge in [0.25, 0.3) is 6.29 Å². The molecule has 2 aromatic rings. The fraction of sp³-hybridized carbons (Fsp3) is 0. The highest BCUT2D eigenvalue weighted by Crippen LogP contribution is 2.19. The molecule has 2 rings (SSSR count). The number of H-pyrrole nitrogens is 1. The topological polar surface area (TPSA) is 32.9 Å². The van der Waals surface area contributed by atoms with E-state index >= 15 is 0 Å². The van der Waals surface area contributed by atoms with Gasteiger partial charge >= 0.3 is 0 Å². The lowest BCUT2D eigenvalue weighted by molar-refractivity contribution is 0.562. The van der Waals surface area contributed by atoms with Crippen LogP contribution in [0.4, 0.5) is 0 Å². The standard InChI is InChI=1S/C9H5BrNO/c10-7-2-1-6-3-8(5-12)11-9(6)4-7/h1-4,11H. The highest BCUT2D eigenvalue weighted by molar-refractivity contribution is 9.10. The van der Waals surface area contributed by atoms with E-state index in [0.717, 1.165) is 15.4 Å². The van der Waals surface area contributed by atoms with E-state index in [1.807, 2.05) is 24.5 Å². The number of hydrogen-bond acceptors (Lipinski definition) is 1. The number of carbonyl (C=O) groups excluding carboxylic acids is 1. The van der Waals surface area contributed by atoms with Crippen LogP contribution in [-0.2, 0) is 4.79 Å². The smallest absolute Gasteiger partial charge is 0.251 e. The van der Waals surface area contributed by atoms with E-state index in [1.54, 1.807) is 6.07 Å². The Hall–Kier alpha value is -1.09. The Balaban J connectivity index is 2.75. The van der Waals surface area contributed by atoms with Gasteiger partial charge in [-0.15, -0.1) is 0 Å². The second-order valence-electron chi connectivity index (χ2n) is 2.52. The highest BCUT2D eigenvalue weighted by atomic mass is 79.9. The summed E-state index contributed by atoms with van der Waals surface area (Å²) in [4.78, 5) is 13.2. The summed E-state index contributed by atoms with van der Waals surface area (Å²) in [7, 11) is 0. The van der Waals surface area contributed by atoms with Gasteiger partial charge in [-0.25, -0.2) is 0 Å². The Kier molecular flexibility index (Phi) is 1.73. The van der Waals surface area contributed by atoms with Crippen LogP contribution in [0.15, 0.2) is 28.7 Å². The van der Waals surface area contributed by atoms with Crippen molar-refractivity contribution in [3.8, 4) is 0 Å². The van der Waals surface area contributed by atoms with Crippen LogP contribution in [0.2, 0.25) is 0 Å². The van der Waals surface area contributed by atoms with Crippen LogP contribution in [0.25, 0.3) is 10.9 Å². The zero-order chi connectivity index (χ0) is 8.55. The molecule has 0 spiro atoms. The number of hydrogen-bond donors (Lipinski definition) is 1. The van der Waals surface area contributed by atoms with Gasteiger partial charge in [-0.2, -0.15) is 0 Å². The van der Waals surface area contributed by atoms with Gasteiger partial charge in [-0.1, -0.05) is 22.0 Å². The maximum absolute atomic E-state index is 10.3. The predicted octanol–water partition coefficient (Wildman–Crippen LogP) is 2.39. The van der Waals surface area contributed by atoms with E-state index in [0.29, 0.717) is 5.69 Å². The number of benzene rings is 1. The van der Waals surface area contributed by atoms with Crippen LogP contribution in [0.5, 0.6) is 0 Å². The predicted molar refractivity (Wildman–Crippen MR) is 50.8 cm³/mol. The summed E-state index contributed by atoms with van der Waals surface area (Å²) in [5.74, 6) is 0. The van der Waals surface area contributed by atoms with Crippen LogP contribution in [0.3, 0.4) is 0 Å². The second-order valence-corrected chi connectivity index (χ2v) is 3.43. The molecule has 2 nitrogen and oxygen atoms in total. The fourth-order valence-electron chi connectivity index (χ4n) is 1.15. The van der Waals surface area contributed by atoms with Crippen molar-refractivity contribution >= 4 is 33.1 Å². The van der Waals surface area contributed by atoms with Gasteiger partial charge in [-0.3, -0.25) is 4.79 Å². The monoisotopic (exact) mass is 222 g/mol. The summed E-state index contributed by atoms with van der Waals surface area (Å²) in [6.07, 6.45) is 1.81. The second kappa shape index (κ2) is 2.75. The molecule has 0 bridgehead atoms. The minimum Gasteiger partial charge on any atom is -0.352 e. The first kappa shape index (κ1) is 7.55. The van der Waals surface area contributed by atoms with Gasteiger partial charge < -0.3 is 4.98 Å². The molecule has 1 heterocycles. The number of aromatic amines is 1. The molecule has 0 amide bonds. The minimum atomic E-state index is 0.489. The average molecular weight is 223 g/mol. The first-order valence-electron chi connectivity index (χ1n) is 3.46. The lowest BCUT2D eigenvalue weighted by atomic mass is 10.2. The Morgan fingerprint density at radius 3 is 2.92 bits per heavy atom. The molecule has 0 aliphatic carbocycles. The molecule has 0 unspecified atom stereocenters. The molecule has 3 heteroatoms. The van der Waals surface area contributed by atoms with E-state index < -0.39 is 0 Å². The van der Waals surface area contributed by atoms with Gasteiger partial charge in [0.1, 0.15) is 0 Å². The van der Waals surface area contributed by atoms with Gasteiger partial charge in [0.05, 0.1) is 5.69 Å². The van der Waals surface area contributed by atoms with Gasteiger partial charge in [0, 0.05) is 15.4 Å². The molecule has 0 fully saturated rings. The molecule has 0 aliphatic rings. The molecule has 0 saturated carbocycles. The number of aromatic nitrogens is 1. The molecule has 1 aromatic heterocycles. The third-order valence-electron chi connectivity index (χ3n) is 1.69. The molecule has 0 saturated heterocycles. The number of rotatable bonds is 1. The summed E-state index contributed by atoms with van der Waals surface area (Å²) < 4.78 is 0.995. The zero-order valence-corrected chi connectivity index (χ0v) is 7.68. The highest BCUT2D eigenvalue weighted by Gasteiger charge is 1.99. The number of nitrogens with one attached hydrogen (secondary N) is 1. The molecule has 1 N–H and O–H groups in total. The quantitative estimate of drug-likeness (QED) is 0.790. The Morgan fingerprint density at radius 1 is 1.33 bits per heavy atom. The van der Waals surface area contributed by atoms with E-state index in [2.05, 4.69) is 20.9 Å². The molecule has 12 heavy (non-hydrogen) atoms. The summed E-state index contributed by atoms with van der Waals surface area (Å²) in [5.41, 5.74) is 1.44. The lowest BCUT2D eigenvalue weighted by Crippen LogP contribution is -1.75. The Labute approximate surface area is 77.7 Å². The number of halogens is 1. The first-order chi connectivity index (χ1) is 5.79. The Morgan fingerprint density at radius 2 is 2.17 bits per heavy atom. The van der Waals surface area contributed by atoms with E-state index in [-0.39, 0.29) is 0 Å². The summed E-state index contributed by atoms with van der Waals surface area (Å²) in [6, 6.07) is 7.58. The summed E-state index contributed by atoms with van der Waals surface area (Å²) in [5, 5.41) is 1.02. The van der Waals surface area contributed by atoms with E-state index in [4.69, 9.17) is 0 Å².